The highest BCUT2D eigenvalue weighted by molar-refractivity contribution is 9.11. The van der Waals surface area contributed by atoms with Gasteiger partial charge < -0.3 is 9.84 Å². The molecule has 4 nitrogen and oxygen atoms in total. The van der Waals surface area contributed by atoms with Crippen LogP contribution in [0.5, 0.6) is 5.75 Å². The average Bonchev–Trinajstić information content (AvgIpc) is 2.71. The molecule has 18 heavy (non-hydrogen) atoms. The van der Waals surface area contributed by atoms with Crippen molar-refractivity contribution >= 4 is 44.8 Å². The SMILES string of the molecule is COc1ccc(-c2sc(Br)nc2C(=O)O)cc1Cl. The number of carboxylic acid groups (broad SMARTS) is 1. The van der Waals surface area contributed by atoms with Gasteiger partial charge in [-0.3, -0.25) is 0 Å². The second kappa shape index (κ2) is 5.26. The molecule has 0 aliphatic heterocycles. The predicted molar refractivity (Wildman–Crippen MR) is 73.8 cm³/mol. The lowest BCUT2D eigenvalue weighted by atomic mass is 10.1. The van der Waals surface area contributed by atoms with Crippen LogP contribution in [0.4, 0.5) is 0 Å². The molecule has 2 rings (SSSR count). The molecule has 0 unspecified atom stereocenters. The van der Waals surface area contributed by atoms with Gasteiger partial charge in [-0.25, -0.2) is 9.78 Å². The minimum Gasteiger partial charge on any atom is -0.495 e. The van der Waals surface area contributed by atoms with Crippen molar-refractivity contribution in [3.63, 3.8) is 0 Å². The van der Waals surface area contributed by atoms with Crippen LogP contribution in [0.15, 0.2) is 22.1 Å². The van der Waals surface area contributed by atoms with Gasteiger partial charge >= 0.3 is 5.97 Å². The maximum Gasteiger partial charge on any atom is 0.356 e. The number of thiazole rings is 1. The van der Waals surface area contributed by atoms with E-state index in [4.69, 9.17) is 21.4 Å². The Hall–Kier alpha value is -1.11. The summed E-state index contributed by atoms with van der Waals surface area (Å²) in [5.74, 6) is -0.528. The summed E-state index contributed by atoms with van der Waals surface area (Å²) in [6.45, 7) is 0. The molecule has 94 valence electrons. The molecule has 0 saturated heterocycles. The lowest BCUT2D eigenvalue weighted by Gasteiger charge is -2.05. The largest absolute Gasteiger partial charge is 0.495 e. The van der Waals surface area contributed by atoms with E-state index in [2.05, 4.69) is 20.9 Å². The van der Waals surface area contributed by atoms with Crippen molar-refractivity contribution < 1.29 is 14.6 Å². The quantitative estimate of drug-likeness (QED) is 0.913. The number of aromatic nitrogens is 1. The highest BCUT2D eigenvalue weighted by Crippen LogP contribution is 2.36. The molecule has 1 N–H and O–H groups in total. The third kappa shape index (κ3) is 2.50. The van der Waals surface area contributed by atoms with E-state index >= 15 is 0 Å². The fourth-order valence-electron chi connectivity index (χ4n) is 1.44. The Bertz CT molecular complexity index is 614. The van der Waals surface area contributed by atoms with Gasteiger partial charge in [0.25, 0.3) is 0 Å². The monoisotopic (exact) mass is 347 g/mol. The van der Waals surface area contributed by atoms with E-state index in [1.165, 1.54) is 18.4 Å². The second-order valence-corrected chi connectivity index (χ2v) is 5.98. The summed E-state index contributed by atoms with van der Waals surface area (Å²) < 4.78 is 5.56. The smallest absolute Gasteiger partial charge is 0.356 e. The zero-order valence-corrected chi connectivity index (χ0v) is 12.3. The van der Waals surface area contributed by atoms with Crippen LogP contribution >= 0.6 is 38.9 Å². The van der Waals surface area contributed by atoms with E-state index in [-0.39, 0.29) is 5.69 Å². The molecule has 0 bridgehead atoms. The Morgan fingerprint density at radius 3 is 2.83 bits per heavy atom. The van der Waals surface area contributed by atoms with Crippen molar-refractivity contribution in [2.75, 3.05) is 7.11 Å². The Morgan fingerprint density at radius 1 is 1.56 bits per heavy atom. The third-order valence-corrected chi connectivity index (χ3v) is 4.07. The number of ether oxygens (including phenoxy) is 1. The summed E-state index contributed by atoms with van der Waals surface area (Å²) in [5, 5.41) is 9.50. The molecule has 0 saturated carbocycles. The van der Waals surface area contributed by atoms with Gasteiger partial charge in [0.05, 0.1) is 17.0 Å². The van der Waals surface area contributed by atoms with Crippen LogP contribution in [0.3, 0.4) is 0 Å². The maximum atomic E-state index is 11.1. The van der Waals surface area contributed by atoms with Crippen LogP contribution in [0.1, 0.15) is 10.5 Å². The molecule has 0 fully saturated rings. The van der Waals surface area contributed by atoms with Gasteiger partial charge in [0, 0.05) is 0 Å². The van der Waals surface area contributed by atoms with Crippen LogP contribution in [0, 0.1) is 0 Å². The first-order valence-corrected chi connectivity index (χ1v) is 6.75. The molecule has 0 atom stereocenters. The summed E-state index contributed by atoms with van der Waals surface area (Å²) in [7, 11) is 1.52. The molecule has 1 aromatic heterocycles. The summed E-state index contributed by atoms with van der Waals surface area (Å²) in [4.78, 5) is 15.6. The third-order valence-electron chi connectivity index (χ3n) is 2.22. The van der Waals surface area contributed by atoms with Crippen molar-refractivity contribution in [3.05, 3.63) is 32.8 Å². The van der Waals surface area contributed by atoms with Gasteiger partial charge in [0.2, 0.25) is 0 Å². The molecule has 0 amide bonds. The van der Waals surface area contributed by atoms with Gasteiger partial charge in [0.1, 0.15) is 5.75 Å². The Morgan fingerprint density at radius 2 is 2.28 bits per heavy atom. The molecule has 0 aliphatic carbocycles. The molecule has 1 aromatic carbocycles. The first-order chi connectivity index (χ1) is 8.52. The number of halogens is 2. The van der Waals surface area contributed by atoms with E-state index in [1.807, 2.05) is 0 Å². The lowest BCUT2D eigenvalue weighted by Crippen LogP contribution is -1.98. The first-order valence-electron chi connectivity index (χ1n) is 4.76. The van der Waals surface area contributed by atoms with E-state index in [1.54, 1.807) is 18.2 Å². The fourth-order valence-corrected chi connectivity index (χ4v) is 3.14. The van der Waals surface area contributed by atoms with Crippen molar-refractivity contribution in [2.24, 2.45) is 0 Å². The molecule has 0 radical (unpaired) electrons. The van der Waals surface area contributed by atoms with Crippen LogP contribution in [-0.4, -0.2) is 23.2 Å². The zero-order valence-electron chi connectivity index (χ0n) is 9.11. The number of nitrogens with zero attached hydrogens (tertiary/aromatic N) is 1. The normalized spacial score (nSPS) is 10.4. The average molecular weight is 349 g/mol. The summed E-state index contributed by atoms with van der Waals surface area (Å²) >= 11 is 10.4. The molecular formula is C11H7BrClNO3S. The number of carbonyl (C=O) groups is 1. The number of hydrogen-bond acceptors (Lipinski definition) is 4. The number of aromatic carboxylic acids is 1. The molecule has 7 heteroatoms. The summed E-state index contributed by atoms with van der Waals surface area (Å²) in [5.41, 5.74) is 0.703. The zero-order chi connectivity index (χ0) is 13.3. The van der Waals surface area contributed by atoms with Crippen molar-refractivity contribution in [1.82, 2.24) is 4.98 Å². The Labute approximate surface area is 120 Å². The lowest BCUT2D eigenvalue weighted by molar-refractivity contribution is 0.0692. The molecule has 0 aliphatic rings. The van der Waals surface area contributed by atoms with Gasteiger partial charge in [-0.15, -0.1) is 11.3 Å². The minimum atomic E-state index is -1.07. The van der Waals surface area contributed by atoms with Crippen LogP contribution in [0.2, 0.25) is 5.02 Å². The number of benzene rings is 1. The van der Waals surface area contributed by atoms with E-state index in [0.29, 0.717) is 25.1 Å². The molecular weight excluding hydrogens is 342 g/mol. The van der Waals surface area contributed by atoms with E-state index in [0.717, 1.165) is 0 Å². The van der Waals surface area contributed by atoms with Gasteiger partial charge in [-0.2, -0.15) is 0 Å². The van der Waals surface area contributed by atoms with Crippen molar-refractivity contribution in [3.8, 4) is 16.2 Å². The minimum absolute atomic E-state index is 0.00751. The Kier molecular flexibility index (Phi) is 3.89. The number of rotatable bonds is 3. The first kappa shape index (κ1) is 13.3. The Balaban J connectivity index is 2.55. The van der Waals surface area contributed by atoms with Crippen molar-refractivity contribution in [1.29, 1.82) is 0 Å². The van der Waals surface area contributed by atoms with Crippen molar-refractivity contribution in [2.45, 2.75) is 0 Å². The molecule has 2 aromatic rings. The number of hydrogen-bond donors (Lipinski definition) is 1. The maximum absolute atomic E-state index is 11.1. The fraction of sp³-hybridized carbons (Fsp3) is 0.0909. The summed E-state index contributed by atoms with van der Waals surface area (Å²) in [6, 6.07) is 5.10. The van der Waals surface area contributed by atoms with Gasteiger partial charge in [0.15, 0.2) is 9.61 Å². The standard InChI is InChI=1S/C11H7BrClNO3S/c1-17-7-3-2-5(4-6(7)13)9-8(10(15)16)14-11(12)18-9/h2-4H,1H3,(H,15,16). The van der Waals surface area contributed by atoms with E-state index in [9.17, 15) is 4.79 Å². The number of carboxylic acids is 1. The highest BCUT2D eigenvalue weighted by atomic mass is 79.9. The summed E-state index contributed by atoms with van der Waals surface area (Å²) in [6.07, 6.45) is 0. The van der Waals surface area contributed by atoms with Gasteiger partial charge in [-0.05, 0) is 39.7 Å². The molecule has 0 spiro atoms. The number of methoxy groups -OCH3 is 1. The van der Waals surface area contributed by atoms with Crippen LogP contribution < -0.4 is 4.74 Å². The topological polar surface area (TPSA) is 59.4 Å². The van der Waals surface area contributed by atoms with Gasteiger partial charge in [-0.1, -0.05) is 11.6 Å². The second-order valence-electron chi connectivity index (χ2n) is 3.30. The van der Waals surface area contributed by atoms with E-state index < -0.39 is 5.97 Å². The predicted octanol–water partition coefficient (Wildman–Crippen LogP) is 3.93. The van der Waals surface area contributed by atoms with Crippen LogP contribution in [-0.2, 0) is 0 Å². The van der Waals surface area contributed by atoms with Crippen LogP contribution in [0.25, 0.3) is 10.4 Å². The molecule has 1 heterocycles. The highest BCUT2D eigenvalue weighted by Gasteiger charge is 2.18.